The maximum atomic E-state index is 12.1. The molecule has 1 N–H and O–H groups in total. The van der Waals surface area contributed by atoms with Crippen LogP contribution in [0.3, 0.4) is 0 Å². The lowest BCUT2D eigenvalue weighted by atomic mass is 10.2. The average molecular weight is 342 g/mol. The fraction of sp³-hybridized carbons (Fsp3) is 0.316. The summed E-state index contributed by atoms with van der Waals surface area (Å²) in [7, 11) is 3.26. The van der Waals surface area contributed by atoms with Crippen molar-refractivity contribution in [2.24, 2.45) is 0 Å². The van der Waals surface area contributed by atoms with Crippen molar-refractivity contribution >= 4 is 10.9 Å². The van der Waals surface area contributed by atoms with Crippen molar-refractivity contribution in [2.45, 2.75) is 19.9 Å². The summed E-state index contributed by atoms with van der Waals surface area (Å²) >= 11 is 0. The van der Waals surface area contributed by atoms with Crippen LogP contribution in [0.4, 0.5) is 0 Å². The third-order valence-electron chi connectivity index (χ3n) is 4.02. The molecular formula is C19H22N2O4. The first-order valence-corrected chi connectivity index (χ1v) is 8.21. The summed E-state index contributed by atoms with van der Waals surface area (Å²) in [6.07, 6.45) is 4.45. The van der Waals surface area contributed by atoms with Gasteiger partial charge >= 0.3 is 0 Å². The molecule has 3 aromatic rings. The SMILES string of the molecule is CCCOc1c[nH]c(Cn2ccc3c(OC)cc(OC)cc32)cc1=O. The van der Waals surface area contributed by atoms with Gasteiger partial charge in [-0.25, -0.2) is 0 Å². The molecule has 1 aromatic carbocycles. The lowest BCUT2D eigenvalue weighted by molar-refractivity contribution is 0.313. The predicted molar refractivity (Wildman–Crippen MR) is 97.0 cm³/mol. The zero-order valence-corrected chi connectivity index (χ0v) is 14.7. The molecule has 132 valence electrons. The quantitative estimate of drug-likeness (QED) is 0.716. The van der Waals surface area contributed by atoms with Crippen LogP contribution >= 0.6 is 0 Å². The number of nitrogens with one attached hydrogen (secondary N) is 1. The van der Waals surface area contributed by atoms with Crippen LogP contribution < -0.4 is 19.6 Å². The third kappa shape index (κ3) is 3.47. The first-order valence-electron chi connectivity index (χ1n) is 8.21. The van der Waals surface area contributed by atoms with E-state index in [0.717, 1.165) is 34.5 Å². The second-order valence-electron chi connectivity index (χ2n) is 5.74. The van der Waals surface area contributed by atoms with Gasteiger partial charge in [0.2, 0.25) is 5.43 Å². The van der Waals surface area contributed by atoms with Crippen molar-refractivity contribution in [1.29, 1.82) is 0 Å². The normalized spacial score (nSPS) is 10.8. The largest absolute Gasteiger partial charge is 0.497 e. The summed E-state index contributed by atoms with van der Waals surface area (Å²) in [5.74, 6) is 1.83. The van der Waals surface area contributed by atoms with Crippen molar-refractivity contribution in [3.63, 3.8) is 0 Å². The molecule has 0 aliphatic heterocycles. The van der Waals surface area contributed by atoms with Gasteiger partial charge in [0.05, 0.1) is 32.9 Å². The third-order valence-corrected chi connectivity index (χ3v) is 4.02. The van der Waals surface area contributed by atoms with Crippen molar-refractivity contribution < 1.29 is 14.2 Å². The molecule has 6 heteroatoms. The Bertz CT molecular complexity index is 927. The Labute approximate surface area is 146 Å². The average Bonchev–Trinajstić information content (AvgIpc) is 3.03. The molecule has 25 heavy (non-hydrogen) atoms. The van der Waals surface area contributed by atoms with E-state index in [-0.39, 0.29) is 5.43 Å². The molecular weight excluding hydrogens is 320 g/mol. The minimum atomic E-state index is -0.117. The van der Waals surface area contributed by atoms with Crippen LogP contribution in [0.25, 0.3) is 10.9 Å². The molecule has 0 aliphatic carbocycles. The van der Waals surface area contributed by atoms with Gasteiger partial charge in [-0.2, -0.15) is 0 Å². The molecule has 0 radical (unpaired) electrons. The van der Waals surface area contributed by atoms with Gasteiger partial charge in [0.1, 0.15) is 11.5 Å². The summed E-state index contributed by atoms with van der Waals surface area (Å²) < 4.78 is 18.2. The lowest BCUT2D eigenvalue weighted by Crippen LogP contribution is -2.11. The highest BCUT2D eigenvalue weighted by atomic mass is 16.5. The highest BCUT2D eigenvalue weighted by Gasteiger charge is 2.10. The molecule has 0 saturated carbocycles. The first kappa shape index (κ1) is 17.0. The van der Waals surface area contributed by atoms with E-state index in [9.17, 15) is 4.79 Å². The summed E-state index contributed by atoms with van der Waals surface area (Å²) in [5.41, 5.74) is 1.66. The number of hydrogen-bond donors (Lipinski definition) is 1. The van der Waals surface area contributed by atoms with Crippen LogP contribution in [0.2, 0.25) is 0 Å². The summed E-state index contributed by atoms with van der Waals surface area (Å²) in [4.78, 5) is 15.3. The van der Waals surface area contributed by atoms with Crippen molar-refractivity contribution in [3.8, 4) is 17.2 Å². The highest BCUT2D eigenvalue weighted by molar-refractivity contribution is 5.88. The molecule has 0 fully saturated rings. The van der Waals surface area contributed by atoms with E-state index in [1.165, 1.54) is 0 Å². The van der Waals surface area contributed by atoms with E-state index in [4.69, 9.17) is 14.2 Å². The molecule has 0 unspecified atom stereocenters. The summed E-state index contributed by atoms with van der Waals surface area (Å²) in [5, 5.41) is 0.994. The number of rotatable bonds is 7. The highest BCUT2D eigenvalue weighted by Crippen LogP contribution is 2.32. The second-order valence-corrected chi connectivity index (χ2v) is 5.74. The second kappa shape index (κ2) is 7.34. The number of hydrogen-bond acceptors (Lipinski definition) is 4. The molecule has 0 saturated heterocycles. The predicted octanol–water partition coefficient (Wildman–Crippen LogP) is 3.18. The van der Waals surface area contributed by atoms with E-state index in [0.29, 0.717) is 18.9 Å². The van der Waals surface area contributed by atoms with Crippen molar-refractivity contribution in [2.75, 3.05) is 20.8 Å². The number of aromatic nitrogens is 2. The molecule has 6 nitrogen and oxygen atoms in total. The van der Waals surface area contributed by atoms with Crippen LogP contribution in [0, 0.1) is 0 Å². The number of nitrogens with zero attached hydrogens (tertiary/aromatic N) is 1. The summed E-state index contributed by atoms with van der Waals surface area (Å²) in [6.45, 7) is 3.07. The molecule has 0 spiro atoms. The maximum Gasteiger partial charge on any atom is 0.223 e. The van der Waals surface area contributed by atoms with E-state index in [1.54, 1.807) is 26.5 Å². The lowest BCUT2D eigenvalue weighted by Gasteiger charge is -2.10. The molecule has 2 heterocycles. The molecule has 0 amide bonds. The van der Waals surface area contributed by atoms with E-state index in [1.807, 2.05) is 35.9 Å². The topological polar surface area (TPSA) is 65.5 Å². The molecule has 3 rings (SSSR count). The van der Waals surface area contributed by atoms with Crippen LogP contribution in [0.1, 0.15) is 19.0 Å². The van der Waals surface area contributed by atoms with Gasteiger partial charge in [-0.05, 0) is 12.5 Å². The number of methoxy groups -OCH3 is 2. The number of pyridine rings is 1. The van der Waals surface area contributed by atoms with Crippen molar-refractivity contribution in [3.05, 3.63) is 52.6 Å². The van der Waals surface area contributed by atoms with Crippen LogP contribution in [0.15, 0.2) is 41.5 Å². The Hall–Kier alpha value is -2.89. The van der Waals surface area contributed by atoms with E-state index >= 15 is 0 Å². The van der Waals surface area contributed by atoms with Crippen LogP contribution in [0.5, 0.6) is 17.2 Å². The zero-order chi connectivity index (χ0) is 17.8. The van der Waals surface area contributed by atoms with Crippen LogP contribution in [-0.2, 0) is 6.54 Å². The first-order chi connectivity index (χ1) is 12.2. The fourth-order valence-electron chi connectivity index (χ4n) is 2.76. The number of benzene rings is 1. The van der Waals surface area contributed by atoms with Crippen molar-refractivity contribution in [1.82, 2.24) is 9.55 Å². The monoisotopic (exact) mass is 342 g/mol. The van der Waals surface area contributed by atoms with Gasteiger partial charge < -0.3 is 23.8 Å². The Morgan fingerprint density at radius 2 is 1.96 bits per heavy atom. The smallest absolute Gasteiger partial charge is 0.223 e. The Kier molecular flexibility index (Phi) is 4.97. The summed E-state index contributed by atoms with van der Waals surface area (Å²) in [6, 6.07) is 7.38. The molecule has 2 aromatic heterocycles. The minimum absolute atomic E-state index is 0.117. The van der Waals surface area contributed by atoms with Gasteiger partial charge in [-0.15, -0.1) is 0 Å². The van der Waals surface area contributed by atoms with Gasteiger partial charge in [-0.3, -0.25) is 4.79 Å². The maximum absolute atomic E-state index is 12.1. The van der Waals surface area contributed by atoms with Gasteiger partial charge in [-0.1, -0.05) is 6.92 Å². The van der Waals surface area contributed by atoms with Gasteiger partial charge in [0.15, 0.2) is 5.75 Å². The number of aromatic amines is 1. The molecule has 0 aliphatic rings. The molecule has 0 bridgehead atoms. The fourth-order valence-corrected chi connectivity index (χ4v) is 2.76. The molecule has 0 atom stereocenters. The number of H-pyrrole nitrogens is 1. The van der Waals surface area contributed by atoms with E-state index < -0.39 is 0 Å². The van der Waals surface area contributed by atoms with E-state index in [2.05, 4.69) is 4.98 Å². The van der Waals surface area contributed by atoms with Gasteiger partial charge in [0, 0.05) is 41.7 Å². The minimum Gasteiger partial charge on any atom is -0.497 e. The zero-order valence-electron chi connectivity index (χ0n) is 14.7. The number of ether oxygens (including phenoxy) is 3. The Morgan fingerprint density at radius 3 is 2.64 bits per heavy atom. The Balaban J connectivity index is 1.93. The van der Waals surface area contributed by atoms with Crippen LogP contribution in [-0.4, -0.2) is 30.4 Å². The number of fused-ring (bicyclic) bond motifs is 1. The standard InChI is InChI=1S/C19H22N2O4/c1-4-7-25-19-11-20-13(8-17(19)22)12-21-6-5-15-16(21)9-14(23-2)10-18(15)24-3/h5-6,8-11H,4,7,12H2,1-3H3,(H,20,22). The Morgan fingerprint density at radius 1 is 1.12 bits per heavy atom. The van der Waals surface area contributed by atoms with Gasteiger partial charge in [0.25, 0.3) is 0 Å².